The van der Waals surface area contributed by atoms with Gasteiger partial charge in [0.25, 0.3) is 0 Å². The number of thioether (sulfide) groups is 1. The summed E-state index contributed by atoms with van der Waals surface area (Å²) in [6.45, 7) is 0. The van der Waals surface area contributed by atoms with E-state index in [0.29, 0.717) is 26.7 Å². The lowest BCUT2D eigenvalue weighted by atomic mass is 10.2. The Balaban J connectivity index is 1.58. The molecule has 0 aliphatic carbocycles. The molecule has 2 heterocycles. The van der Waals surface area contributed by atoms with Crippen molar-refractivity contribution >= 4 is 46.6 Å². The van der Waals surface area contributed by atoms with Gasteiger partial charge in [-0.1, -0.05) is 53.2 Å². The summed E-state index contributed by atoms with van der Waals surface area (Å²) in [4.78, 5) is 16.6. The van der Waals surface area contributed by atoms with Gasteiger partial charge in [0.05, 0.1) is 16.5 Å². The third kappa shape index (κ3) is 4.64. The molecule has 1 amide bonds. The number of carbonyl (C=O) groups is 1. The number of nitrogens with one attached hydrogen (secondary N) is 1. The molecule has 6 nitrogen and oxygen atoms in total. The Morgan fingerprint density at radius 2 is 1.87 bits per heavy atom. The summed E-state index contributed by atoms with van der Waals surface area (Å²) in [5, 5.41) is 12.9. The van der Waals surface area contributed by atoms with E-state index >= 15 is 0 Å². The van der Waals surface area contributed by atoms with Gasteiger partial charge in [-0.05, 0) is 42.5 Å². The molecule has 0 spiro atoms. The predicted molar refractivity (Wildman–Crippen MR) is 120 cm³/mol. The molecule has 0 bridgehead atoms. The highest BCUT2D eigenvalue weighted by atomic mass is 35.5. The molecule has 4 rings (SSSR count). The van der Waals surface area contributed by atoms with Crippen LogP contribution in [-0.4, -0.2) is 31.4 Å². The minimum Gasteiger partial charge on any atom is -0.324 e. The van der Waals surface area contributed by atoms with Gasteiger partial charge in [0.2, 0.25) is 5.91 Å². The van der Waals surface area contributed by atoms with Crippen LogP contribution in [0.2, 0.25) is 10.0 Å². The molecule has 1 N–H and O–H groups in total. The molecule has 0 atom stereocenters. The van der Waals surface area contributed by atoms with Crippen molar-refractivity contribution in [2.45, 2.75) is 5.16 Å². The molecule has 0 saturated heterocycles. The fraction of sp³-hybridized carbons (Fsp3) is 0.0476. The van der Waals surface area contributed by atoms with Crippen LogP contribution >= 0.6 is 35.0 Å². The molecule has 0 aliphatic heterocycles. The standard InChI is InChI=1S/C21H15Cl2N5OS/c22-15-8-9-17(23)18(11-15)25-19(29)13-30-21-27-26-20(14-5-4-10-24-12-14)28(21)16-6-2-1-3-7-16/h1-12H,13H2,(H,25,29). The van der Waals surface area contributed by atoms with Gasteiger partial charge in [0.15, 0.2) is 11.0 Å². The number of hydrogen-bond acceptors (Lipinski definition) is 5. The van der Waals surface area contributed by atoms with E-state index in [2.05, 4.69) is 20.5 Å². The van der Waals surface area contributed by atoms with Gasteiger partial charge < -0.3 is 5.32 Å². The summed E-state index contributed by atoms with van der Waals surface area (Å²) >= 11 is 13.4. The summed E-state index contributed by atoms with van der Waals surface area (Å²) in [6, 6.07) is 18.4. The maximum atomic E-state index is 12.5. The third-order valence-electron chi connectivity index (χ3n) is 4.10. The monoisotopic (exact) mass is 455 g/mol. The lowest BCUT2D eigenvalue weighted by Gasteiger charge is -2.10. The van der Waals surface area contributed by atoms with Crippen molar-refractivity contribution in [1.82, 2.24) is 19.7 Å². The lowest BCUT2D eigenvalue weighted by molar-refractivity contribution is -0.113. The number of rotatable bonds is 6. The van der Waals surface area contributed by atoms with Crippen LogP contribution in [0.25, 0.3) is 17.1 Å². The highest BCUT2D eigenvalue weighted by molar-refractivity contribution is 7.99. The van der Waals surface area contributed by atoms with E-state index in [1.54, 1.807) is 30.6 Å². The van der Waals surface area contributed by atoms with Crippen LogP contribution in [0.3, 0.4) is 0 Å². The van der Waals surface area contributed by atoms with Crippen molar-refractivity contribution < 1.29 is 4.79 Å². The zero-order valence-corrected chi connectivity index (χ0v) is 17.8. The van der Waals surface area contributed by atoms with Crippen LogP contribution in [0, 0.1) is 0 Å². The first-order valence-electron chi connectivity index (χ1n) is 8.91. The Hall–Kier alpha value is -2.87. The molecule has 0 unspecified atom stereocenters. The van der Waals surface area contributed by atoms with Crippen LogP contribution in [0.1, 0.15) is 0 Å². The Labute approximate surface area is 187 Å². The second-order valence-corrected chi connectivity index (χ2v) is 7.97. The van der Waals surface area contributed by atoms with Gasteiger partial charge in [-0.3, -0.25) is 14.3 Å². The maximum Gasteiger partial charge on any atom is 0.234 e. The fourth-order valence-electron chi connectivity index (χ4n) is 2.76. The van der Waals surface area contributed by atoms with Gasteiger partial charge in [0.1, 0.15) is 0 Å². The van der Waals surface area contributed by atoms with E-state index in [-0.39, 0.29) is 11.7 Å². The molecule has 2 aromatic heterocycles. The smallest absolute Gasteiger partial charge is 0.234 e. The number of hydrogen-bond donors (Lipinski definition) is 1. The van der Waals surface area contributed by atoms with E-state index < -0.39 is 0 Å². The number of aromatic nitrogens is 4. The predicted octanol–water partition coefficient (Wildman–Crippen LogP) is 5.37. The zero-order valence-electron chi connectivity index (χ0n) is 15.5. The molecule has 150 valence electrons. The first kappa shape index (κ1) is 20.4. The van der Waals surface area contributed by atoms with Crippen LogP contribution in [0.15, 0.2) is 78.2 Å². The number of benzene rings is 2. The molecule has 30 heavy (non-hydrogen) atoms. The van der Waals surface area contributed by atoms with E-state index in [0.717, 1.165) is 11.3 Å². The molecule has 4 aromatic rings. The van der Waals surface area contributed by atoms with Crippen molar-refractivity contribution in [2.24, 2.45) is 0 Å². The summed E-state index contributed by atoms with van der Waals surface area (Å²) in [5.41, 5.74) is 2.19. The molecular formula is C21H15Cl2N5OS. The second-order valence-electron chi connectivity index (χ2n) is 6.18. The Kier molecular flexibility index (Phi) is 6.32. The first-order valence-corrected chi connectivity index (χ1v) is 10.6. The average molecular weight is 456 g/mol. The highest BCUT2D eigenvalue weighted by Crippen LogP contribution is 2.29. The van der Waals surface area contributed by atoms with Gasteiger partial charge in [-0.15, -0.1) is 10.2 Å². The SMILES string of the molecule is O=C(CSc1nnc(-c2cccnc2)n1-c1ccccc1)Nc1cc(Cl)ccc1Cl. The van der Waals surface area contributed by atoms with E-state index in [4.69, 9.17) is 23.2 Å². The normalized spacial score (nSPS) is 10.7. The number of pyridine rings is 1. The molecule has 0 fully saturated rings. The van der Waals surface area contributed by atoms with E-state index in [9.17, 15) is 4.79 Å². The molecule has 0 aliphatic rings. The average Bonchev–Trinajstić information content (AvgIpc) is 3.20. The maximum absolute atomic E-state index is 12.5. The number of amides is 1. The number of halogens is 2. The quantitative estimate of drug-likeness (QED) is 0.395. The Morgan fingerprint density at radius 3 is 2.63 bits per heavy atom. The van der Waals surface area contributed by atoms with Crippen LogP contribution < -0.4 is 5.32 Å². The molecule has 2 aromatic carbocycles. The van der Waals surface area contributed by atoms with Gasteiger partial charge in [-0.25, -0.2) is 0 Å². The molecule has 0 radical (unpaired) electrons. The minimum atomic E-state index is -0.227. The summed E-state index contributed by atoms with van der Waals surface area (Å²) in [6.07, 6.45) is 3.43. The second kappa shape index (κ2) is 9.30. The Bertz CT molecular complexity index is 1170. The zero-order chi connectivity index (χ0) is 20.9. The first-order chi connectivity index (χ1) is 14.6. The summed E-state index contributed by atoms with van der Waals surface area (Å²) in [5.74, 6) is 0.547. The highest BCUT2D eigenvalue weighted by Gasteiger charge is 2.17. The molecular weight excluding hydrogens is 441 g/mol. The Morgan fingerprint density at radius 1 is 1.03 bits per heavy atom. The number of carbonyl (C=O) groups excluding carboxylic acids is 1. The summed E-state index contributed by atoms with van der Waals surface area (Å²) < 4.78 is 1.90. The van der Waals surface area contributed by atoms with E-state index in [1.165, 1.54) is 11.8 Å². The van der Waals surface area contributed by atoms with Crippen molar-refractivity contribution in [3.05, 3.63) is 83.1 Å². The topological polar surface area (TPSA) is 72.7 Å². The van der Waals surface area contributed by atoms with E-state index in [1.807, 2.05) is 47.0 Å². The van der Waals surface area contributed by atoms with Gasteiger partial charge in [-0.2, -0.15) is 0 Å². The lowest BCUT2D eigenvalue weighted by Crippen LogP contribution is -2.15. The van der Waals surface area contributed by atoms with Crippen LogP contribution in [0.5, 0.6) is 0 Å². The minimum absolute atomic E-state index is 0.126. The van der Waals surface area contributed by atoms with Crippen molar-refractivity contribution in [3.63, 3.8) is 0 Å². The van der Waals surface area contributed by atoms with Gasteiger partial charge in [0, 0.05) is 28.7 Å². The number of para-hydroxylation sites is 1. The largest absolute Gasteiger partial charge is 0.324 e. The van der Waals surface area contributed by atoms with Crippen molar-refractivity contribution in [3.8, 4) is 17.1 Å². The number of nitrogens with zero attached hydrogens (tertiary/aromatic N) is 4. The molecule has 0 saturated carbocycles. The third-order valence-corrected chi connectivity index (χ3v) is 5.60. The number of anilines is 1. The van der Waals surface area contributed by atoms with Gasteiger partial charge >= 0.3 is 0 Å². The van der Waals surface area contributed by atoms with Crippen LogP contribution in [-0.2, 0) is 4.79 Å². The van der Waals surface area contributed by atoms with Crippen LogP contribution in [0.4, 0.5) is 5.69 Å². The summed E-state index contributed by atoms with van der Waals surface area (Å²) in [7, 11) is 0. The van der Waals surface area contributed by atoms with Crippen molar-refractivity contribution in [2.75, 3.05) is 11.1 Å². The molecule has 9 heteroatoms. The van der Waals surface area contributed by atoms with Crippen molar-refractivity contribution in [1.29, 1.82) is 0 Å². The fourth-order valence-corrected chi connectivity index (χ4v) is 3.85.